The van der Waals surface area contributed by atoms with Gasteiger partial charge < -0.3 is 9.32 Å². The van der Waals surface area contributed by atoms with E-state index in [0.29, 0.717) is 0 Å². The highest BCUT2D eigenvalue weighted by Gasteiger charge is 2.36. The van der Waals surface area contributed by atoms with Gasteiger partial charge in [-0.2, -0.15) is 0 Å². The van der Waals surface area contributed by atoms with Crippen molar-refractivity contribution in [3.8, 4) is 33.4 Å². The number of hydrogen-bond donors (Lipinski definition) is 0. The molecule has 2 heteroatoms. The molecule has 2 nitrogen and oxygen atoms in total. The maximum absolute atomic E-state index is 6.31. The van der Waals surface area contributed by atoms with E-state index in [9.17, 15) is 0 Å². The first-order valence-electron chi connectivity index (χ1n) is 17.7. The molecule has 8 aromatic carbocycles. The minimum absolute atomic E-state index is 0.120. The van der Waals surface area contributed by atoms with Gasteiger partial charge in [0.15, 0.2) is 0 Å². The Morgan fingerprint density at radius 2 is 1.10 bits per heavy atom. The SMILES string of the molecule is CC1(C)c2ccccc2-c2ccc(N(c3ccccc3)c3cccc(-c4cccc5ccccc45)c3-c3ccc4oc5ccccc5c4c3)cc21. The van der Waals surface area contributed by atoms with Crippen LogP contribution in [-0.2, 0) is 5.41 Å². The van der Waals surface area contributed by atoms with Crippen LogP contribution in [0.4, 0.5) is 17.1 Å². The number of para-hydroxylation sites is 2. The average molecular weight is 654 g/mol. The van der Waals surface area contributed by atoms with Gasteiger partial charge in [0.05, 0.1) is 5.69 Å². The lowest BCUT2D eigenvalue weighted by Gasteiger charge is -2.31. The molecule has 1 aliphatic carbocycles. The van der Waals surface area contributed by atoms with Crippen molar-refractivity contribution in [2.24, 2.45) is 0 Å². The zero-order chi connectivity index (χ0) is 34.1. The maximum atomic E-state index is 6.31. The molecule has 9 aromatic rings. The van der Waals surface area contributed by atoms with Crippen LogP contribution in [0.15, 0.2) is 180 Å². The number of rotatable bonds is 5. The van der Waals surface area contributed by atoms with Gasteiger partial charge in [0, 0.05) is 33.1 Å². The predicted molar refractivity (Wildman–Crippen MR) is 214 cm³/mol. The molecule has 1 aromatic heterocycles. The molecule has 0 atom stereocenters. The van der Waals surface area contributed by atoms with Crippen molar-refractivity contribution < 1.29 is 4.42 Å². The number of nitrogens with zero attached hydrogens (tertiary/aromatic N) is 1. The Balaban J connectivity index is 1.28. The summed E-state index contributed by atoms with van der Waals surface area (Å²) in [6.07, 6.45) is 0. The molecule has 0 bridgehead atoms. The number of hydrogen-bond acceptors (Lipinski definition) is 2. The third-order valence-corrected chi connectivity index (χ3v) is 10.9. The molecule has 0 radical (unpaired) electrons. The summed E-state index contributed by atoms with van der Waals surface area (Å²) in [6, 6.07) is 63.8. The van der Waals surface area contributed by atoms with Gasteiger partial charge in [-0.05, 0) is 98.2 Å². The van der Waals surface area contributed by atoms with Gasteiger partial charge in [0.2, 0.25) is 0 Å². The highest BCUT2D eigenvalue weighted by Crippen LogP contribution is 2.52. The molecule has 1 aliphatic rings. The van der Waals surface area contributed by atoms with Crippen LogP contribution in [-0.4, -0.2) is 0 Å². The first-order valence-corrected chi connectivity index (χ1v) is 17.7. The molecular formula is C49H35NO. The first kappa shape index (κ1) is 29.5. The molecule has 51 heavy (non-hydrogen) atoms. The second-order valence-electron chi connectivity index (χ2n) is 14.1. The van der Waals surface area contributed by atoms with Crippen molar-refractivity contribution in [1.82, 2.24) is 0 Å². The summed E-state index contributed by atoms with van der Waals surface area (Å²) in [6.45, 7) is 4.71. The van der Waals surface area contributed by atoms with E-state index in [0.717, 1.165) is 44.6 Å². The first-order chi connectivity index (χ1) is 25.1. The average Bonchev–Trinajstić information content (AvgIpc) is 3.66. The fraction of sp³-hybridized carbons (Fsp3) is 0.0612. The molecule has 242 valence electrons. The highest BCUT2D eigenvalue weighted by atomic mass is 16.3. The summed E-state index contributed by atoms with van der Waals surface area (Å²) in [5.74, 6) is 0. The van der Waals surface area contributed by atoms with Crippen molar-refractivity contribution >= 4 is 49.8 Å². The second kappa shape index (κ2) is 11.3. The summed E-state index contributed by atoms with van der Waals surface area (Å²) >= 11 is 0. The van der Waals surface area contributed by atoms with Gasteiger partial charge in [0.25, 0.3) is 0 Å². The monoisotopic (exact) mass is 653 g/mol. The van der Waals surface area contributed by atoms with E-state index in [4.69, 9.17) is 4.42 Å². The largest absolute Gasteiger partial charge is 0.456 e. The van der Waals surface area contributed by atoms with E-state index in [1.54, 1.807) is 0 Å². The number of fused-ring (bicyclic) bond motifs is 7. The summed E-state index contributed by atoms with van der Waals surface area (Å²) in [7, 11) is 0. The lowest BCUT2D eigenvalue weighted by molar-refractivity contribution is 0.660. The Kier molecular flexibility index (Phi) is 6.56. The number of benzene rings is 8. The molecule has 1 heterocycles. The van der Waals surface area contributed by atoms with E-state index in [-0.39, 0.29) is 5.41 Å². The molecule has 10 rings (SSSR count). The Bertz CT molecular complexity index is 2780. The fourth-order valence-electron chi connectivity index (χ4n) is 8.43. The van der Waals surface area contributed by atoms with Crippen molar-refractivity contribution in [2.45, 2.75) is 19.3 Å². The second-order valence-corrected chi connectivity index (χ2v) is 14.1. The Hall–Kier alpha value is -6.38. The minimum Gasteiger partial charge on any atom is -0.456 e. The summed E-state index contributed by atoms with van der Waals surface area (Å²) < 4.78 is 6.31. The number of anilines is 3. The smallest absolute Gasteiger partial charge is 0.135 e. The van der Waals surface area contributed by atoms with Gasteiger partial charge in [-0.25, -0.2) is 0 Å². The Labute approximate surface area is 297 Å². The van der Waals surface area contributed by atoms with Crippen molar-refractivity contribution in [3.63, 3.8) is 0 Å². The molecule has 0 fully saturated rings. The van der Waals surface area contributed by atoms with Gasteiger partial charge in [-0.1, -0.05) is 141 Å². The Morgan fingerprint density at radius 1 is 0.431 bits per heavy atom. The van der Waals surface area contributed by atoms with Crippen molar-refractivity contribution in [1.29, 1.82) is 0 Å². The van der Waals surface area contributed by atoms with Crippen LogP contribution in [0, 0.1) is 0 Å². The van der Waals surface area contributed by atoms with Gasteiger partial charge in [0.1, 0.15) is 11.2 Å². The standard InChI is InChI=1S/C49H35NO/c1-49(2)43-23-10-8-19-38(43)39-28-27-35(31-44(39)49)50(34-16-4-3-5-17-34)45-24-13-22-41(37-21-12-15-32-14-6-7-18-36(32)37)48(45)33-26-29-47-42(30-33)40-20-9-11-25-46(40)51-47/h3-31H,1-2H3. The van der Waals surface area contributed by atoms with E-state index in [1.807, 2.05) is 6.07 Å². The van der Waals surface area contributed by atoms with Gasteiger partial charge in [-0.3, -0.25) is 0 Å². The fourth-order valence-corrected chi connectivity index (χ4v) is 8.43. The normalized spacial score (nSPS) is 13.1. The predicted octanol–water partition coefficient (Wildman–Crippen LogP) is 13.8. The van der Waals surface area contributed by atoms with Crippen LogP contribution >= 0.6 is 0 Å². The van der Waals surface area contributed by atoms with E-state index >= 15 is 0 Å². The molecule has 0 saturated heterocycles. The molecule has 0 amide bonds. The van der Waals surface area contributed by atoms with Crippen molar-refractivity contribution in [2.75, 3.05) is 4.90 Å². The van der Waals surface area contributed by atoms with E-state index in [1.165, 1.54) is 49.7 Å². The van der Waals surface area contributed by atoms with E-state index in [2.05, 4.69) is 189 Å². The van der Waals surface area contributed by atoms with Crippen molar-refractivity contribution in [3.05, 3.63) is 187 Å². The molecule has 0 N–H and O–H groups in total. The topological polar surface area (TPSA) is 16.4 Å². The molecule has 0 saturated carbocycles. The zero-order valence-corrected chi connectivity index (χ0v) is 28.6. The van der Waals surface area contributed by atoms with Crippen LogP contribution in [0.1, 0.15) is 25.0 Å². The van der Waals surface area contributed by atoms with Crippen LogP contribution in [0.2, 0.25) is 0 Å². The van der Waals surface area contributed by atoms with Crippen LogP contribution in [0.5, 0.6) is 0 Å². The van der Waals surface area contributed by atoms with Gasteiger partial charge in [-0.15, -0.1) is 0 Å². The molecule has 0 unspecified atom stereocenters. The Morgan fingerprint density at radius 3 is 2.00 bits per heavy atom. The summed E-state index contributed by atoms with van der Waals surface area (Å²) in [5.41, 5.74) is 15.1. The lowest BCUT2D eigenvalue weighted by Crippen LogP contribution is -2.17. The lowest BCUT2D eigenvalue weighted by atomic mass is 9.82. The zero-order valence-electron chi connectivity index (χ0n) is 28.6. The summed E-state index contributed by atoms with van der Waals surface area (Å²) in [5, 5.41) is 4.70. The quantitative estimate of drug-likeness (QED) is 0.184. The highest BCUT2D eigenvalue weighted by molar-refractivity contribution is 6.09. The molecule has 0 spiro atoms. The summed E-state index contributed by atoms with van der Waals surface area (Å²) in [4.78, 5) is 2.45. The number of furan rings is 1. The molecular weight excluding hydrogens is 619 g/mol. The maximum Gasteiger partial charge on any atom is 0.135 e. The van der Waals surface area contributed by atoms with Crippen LogP contribution < -0.4 is 4.90 Å². The minimum atomic E-state index is -0.120. The third kappa shape index (κ3) is 4.57. The van der Waals surface area contributed by atoms with Crippen LogP contribution in [0.3, 0.4) is 0 Å². The third-order valence-electron chi connectivity index (χ3n) is 10.9. The van der Waals surface area contributed by atoms with Gasteiger partial charge >= 0.3 is 0 Å². The van der Waals surface area contributed by atoms with E-state index < -0.39 is 0 Å². The molecule has 0 aliphatic heterocycles. The van der Waals surface area contributed by atoms with Crippen LogP contribution in [0.25, 0.3) is 66.1 Å².